The largest absolute Gasteiger partial charge is 0.497 e. The number of ketones is 1. The minimum atomic E-state index is -0.0855. The second kappa shape index (κ2) is 6.18. The molecule has 2 aromatic carbocycles. The van der Waals surface area contributed by atoms with E-state index >= 15 is 0 Å². The van der Waals surface area contributed by atoms with Crippen LogP contribution in [-0.2, 0) is 0 Å². The van der Waals surface area contributed by atoms with Crippen LogP contribution in [0.4, 0.5) is 0 Å². The molecule has 0 aliphatic carbocycles. The maximum Gasteiger partial charge on any atom is 0.185 e. The van der Waals surface area contributed by atoms with Gasteiger partial charge in [0.25, 0.3) is 0 Å². The highest BCUT2D eigenvalue weighted by Crippen LogP contribution is 2.13. The van der Waals surface area contributed by atoms with Crippen molar-refractivity contribution < 1.29 is 9.53 Å². The van der Waals surface area contributed by atoms with Crippen LogP contribution in [0.15, 0.2) is 60.8 Å². The Bertz CT molecular complexity index is 839. The van der Waals surface area contributed by atoms with Gasteiger partial charge in [0, 0.05) is 5.56 Å². The van der Waals surface area contributed by atoms with Crippen molar-refractivity contribution >= 4 is 22.9 Å². The van der Waals surface area contributed by atoms with Crippen LogP contribution in [0.3, 0.4) is 0 Å². The summed E-state index contributed by atoms with van der Waals surface area (Å²) in [5.41, 5.74) is 2.90. The number of aromatic nitrogens is 2. The van der Waals surface area contributed by atoms with E-state index in [9.17, 15) is 4.79 Å². The zero-order chi connectivity index (χ0) is 15.4. The summed E-state index contributed by atoms with van der Waals surface area (Å²) in [5.74, 6) is 0.638. The molecule has 0 spiro atoms. The van der Waals surface area contributed by atoms with Crippen molar-refractivity contribution in [1.29, 1.82) is 0 Å². The molecule has 1 heterocycles. The molecule has 3 aromatic rings. The van der Waals surface area contributed by atoms with Gasteiger partial charge in [-0.2, -0.15) is 0 Å². The lowest BCUT2D eigenvalue weighted by Crippen LogP contribution is -1.94. The number of para-hydroxylation sites is 2. The zero-order valence-electron chi connectivity index (χ0n) is 12.1. The topological polar surface area (TPSA) is 52.1 Å². The Morgan fingerprint density at radius 1 is 1.05 bits per heavy atom. The lowest BCUT2D eigenvalue weighted by molar-refractivity contribution is 0.104. The normalized spacial score (nSPS) is 11.0. The molecule has 0 fully saturated rings. The summed E-state index contributed by atoms with van der Waals surface area (Å²) in [6.07, 6.45) is 4.83. The summed E-state index contributed by atoms with van der Waals surface area (Å²) in [6.45, 7) is 0. The van der Waals surface area contributed by atoms with Gasteiger partial charge in [0.05, 0.1) is 30.0 Å². The van der Waals surface area contributed by atoms with Crippen molar-refractivity contribution in [3.63, 3.8) is 0 Å². The van der Waals surface area contributed by atoms with E-state index in [4.69, 9.17) is 4.74 Å². The van der Waals surface area contributed by atoms with Crippen molar-refractivity contribution in [3.05, 3.63) is 72.1 Å². The third-order valence-electron chi connectivity index (χ3n) is 3.25. The maximum atomic E-state index is 12.1. The molecule has 108 valence electrons. The van der Waals surface area contributed by atoms with Crippen molar-refractivity contribution in [2.24, 2.45) is 0 Å². The van der Waals surface area contributed by atoms with Crippen LogP contribution in [0.1, 0.15) is 16.1 Å². The van der Waals surface area contributed by atoms with Gasteiger partial charge in [-0.3, -0.25) is 9.78 Å². The Labute approximate surface area is 128 Å². The molecule has 0 aliphatic heterocycles. The number of nitrogens with zero attached hydrogens (tertiary/aromatic N) is 2. The molecule has 0 saturated carbocycles. The molecule has 0 bridgehead atoms. The van der Waals surface area contributed by atoms with Crippen molar-refractivity contribution in [2.75, 3.05) is 7.11 Å². The van der Waals surface area contributed by atoms with Crippen LogP contribution >= 0.6 is 0 Å². The summed E-state index contributed by atoms with van der Waals surface area (Å²) in [6, 6.07) is 14.6. The first kappa shape index (κ1) is 13.9. The number of allylic oxidation sites excluding steroid dienone is 1. The number of rotatable bonds is 4. The van der Waals surface area contributed by atoms with Crippen LogP contribution in [0.2, 0.25) is 0 Å². The third-order valence-corrected chi connectivity index (χ3v) is 3.25. The lowest BCUT2D eigenvalue weighted by Gasteiger charge is -2.00. The highest BCUT2D eigenvalue weighted by Gasteiger charge is 2.02. The second-order valence-corrected chi connectivity index (χ2v) is 4.71. The molecule has 22 heavy (non-hydrogen) atoms. The Morgan fingerprint density at radius 3 is 2.50 bits per heavy atom. The van der Waals surface area contributed by atoms with Crippen molar-refractivity contribution in [1.82, 2.24) is 9.97 Å². The fraction of sp³-hybridized carbons (Fsp3) is 0.0556. The van der Waals surface area contributed by atoms with E-state index in [2.05, 4.69) is 9.97 Å². The molecule has 4 heteroatoms. The van der Waals surface area contributed by atoms with E-state index in [1.54, 1.807) is 43.6 Å². The standard InChI is InChI=1S/C18H14N2O2/c1-22-15-9-6-13(7-10-15)18(21)11-8-14-12-19-16-4-2-3-5-17(16)20-14/h2-12H,1H3/b11-8+. The van der Waals surface area contributed by atoms with Crippen LogP contribution in [0.25, 0.3) is 17.1 Å². The molecule has 0 aliphatic rings. The smallest absolute Gasteiger partial charge is 0.185 e. The van der Waals surface area contributed by atoms with Crippen LogP contribution < -0.4 is 4.74 Å². The fourth-order valence-electron chi connectivity index (χ4n) is 2.06. The van der Waals surface area contributed by atoms with E-state index in [1.807, 2.05) is 24.3 Å². The first-order valence-corrected chi connectivity index (χ1v) is 6.84. The number of carbonyl (C=O) groups excluding carboxylic acids is 1. The van der Waals surface area contributed by atoms with Crippen LogP contribution in [0, 0.1) is 0 Å². The Balaban J connectivity index is 1.80. The van der Waals surface area contributed by atoms with Gasteiger partial charge in [0.1, 0.15) is 5.75 Å². The highest BCUT2D eigenvalue weighted by atomic mass is 16.5. The van der Waals surface area contributed by atoms with Crippen LogP contribution in [-0.4, -0.2) is 22.9 Å². The van der Waals surface area contributed by atoms with Gasteiger partial charge in [-0.25, -0.2) is 4.98 Å². The van der Waals surface area contributed by atoms with E-state index < -0.39 is 0 Å². The van der Waals surface area contributed by atoms with Gasteiger partial charge in [-0.15, -0.1) is 0 Å². The molecule has 0 amide bonds. The number of methoxy groups -OCH3 is 1. The molecular formula is C18H14N2O2. The van der Waals surface area contributed by atoms with Gasteiger partial charge in [-0.1, -0.05) is 12.1 Å². The quantitative estimate of drug-likeness (QED) is 0.545. The number of benzene rings is 2. The minimum Gasteiger partial charge on any atom is -0.497 e. The predicted octanol–water partition coefficient (Wildman–Crippen LogP) is 3.53. The average Bonchev–Trinajstić information content (AvgIpc) is 2.59. The Morgan fingerprint density at radius 2 is 1.77 bits per heavy atom. The van der Waals surface area contributed by atoms with E-state index in [0.29, 0.717) is 11.3 Å². The van der Waals surface area contributed by atoms with Crippen LogP contribution in [0.5, 0.6) is 5.75 Å². The summed E-state index contributed by atoms with van der Waals surface area (Å²) < 4.78 is 5.07. The molecule has 4 nitrogen and oxygen atoms in total. The summed E-state index contributed by atoms with van der Waals surface area (Å²) in [5, 5.41) is 0. The molecule has 0 radical (unpaired) electrons. The second-order valence-electron chi connectivity index (χ2n) is 4.71. The van der Waals surface area contributed by atoms with E-state index in [1.165, 1.54) is 6.08 Å². The predicted molar refractivity (Wildman–Crippen MR) is 85.9 cm³/mol. The average molecular weight is 290 g/mol. The Kier molecular flexibility index (Phi) is 3.92. The van der Waals surface area contributed by atoms with E-state index in [0.717, 1.165) is 16.8 Å². The molecular weight excluding hydrogens is 276 g/mol. The first-order valence-electron chi connectivity index (χ1n) is 6.84. The van der Waals surface area contributed by atoms with E-state index in [-0.39, 0.29) is 5.78 Å². The zero-order valence-corrected chi connectivity index (χ0v) is 12.1. The van der Waals surface area contributed by atoms with Gasteiger partial charge in [-0.05, 0) is 48.6 Å². The van der Waals surface area contributed by atoms with Crippen molar-refractivity contribution in [2.45, 2.75) is 0 Å². The maximum absolute atomic E-state index is 12.1. The summed E-state index contributed by atoms with van der Waals surface area (Å²) in [7, 11) is 1.59. The lowest BCUT2D eigenvalue weighted by atomic mass is 10.1. The molecule has 0 unspecified atom stereocenters. The minimum absolute atomic E-state index is 0.0855. The SMILES string of the molecule is COc1ccc(C(=O)/C=C/c2cnc3ccccc3n2)cc1. The molecule has 0 atom stereocenters. The Hall–Kier alpha value is -3.01. The number of carbonyl (C=O) groups is 1. The number of hydrogen-bond donors (Lipinski definition) is 0. The molecule has 0 N–H and O–H groups in total. The summed E-state index contributed by atoms with van der Waals surface area (Å²) >= 11 is 0. The van der Waals surface area contributed by atoms with Crippen molar-refractivity contribution in [3.8, 4) is 5.75 Å². The molecule has 0 saturated heterocycles. The highest BCUT2D eigenvalue weighted by molar-refractivity contribution is 6.06. The van der Waals surface area contributed by atoms with Gasteiger partial charge in [0.15, 0.2) is 5.78 Å². The monoisotopic (exact) mass is 290 g/mol. The molecule has 1 aromatic heterocycles. The van der Waals surface area contributed by atoms with Gasteiger partial charge < -0.3 is 4.74 Å². The summed E-state index contributed by atoms with van der Waals surface area (Å²) in [4.78, 5) is 20.9. The molecule has 3 rings (SSSR count). The third kappa shape index (κ3) is 3.01. The number of fused-ring (bicyclic) bond motifs is 1. The van der Waals surface area contributed by atoms with Gasteiger partial charge in [0.2, 0.25) is 0 Å². The number of hydrogen-bond acceptors (Lipinski definition) is 4. The number of ether oxygens (including phenoxy) is 1. The van der Waals surface area contributed by atoms with Gasteiger partial charge >= 0.3 is 0 Å². The first-order chi connectivity index (χ1) is 10.8. The fourth-order valence-corrected chi connectivity index (χ4v) is 2.06.